The van der Waals surface area contributed by atoms with Gasteiger partial charge in [-0.2, -0.15) is 0 Å². The summed E-state index contributed by atoms with van der Waals surface area (Å²) in [5.74, 6) is 0. The van der Waals surface area contributed by atoms with E-state index in [1.807, 2.05) is 13.8 Å². The Morgan fingerprint density at radius 3 is 1.35 bits per heavy atom. The van der Waals surface area contributed by atoms with Crippen molar-refractivity contribution in [1.82, 2.24) is 0 Å². The van der Waals surface area contributed by atoms with Crippen LogP contribution in [0.4, 0.5) is 0 Å². The molecule has 0 aliphatic heterocycles. The van der Waals surface area contributed by atoms with Crippen LogP contribution >= 0.6 is 0 Å². The second-order valence-corrected chi connectivity index (χ2v) is 4.94. The molecule has 0 radical (unpaired) electrons. The largest absolute Gasteiger partial charge is 0.312 e. The summed E-state index contributed by atoms with van der Waals surface area (Å²) in [6.45, 7) is 7.36. The highest BCUT2D eigenvalue weighted by molar-refractivity contribution is 5.42. The molecule has 8 N–H and O–H groups in total. The molecular formula is C11H26N6. The molecule has 0 aliphatic carbocycles. The number of nitrogens with two attached hydrogens (primary N) is 4. The molecule has 100 valence electrons. The average molecular weight is 242 g/mol. The molecule has 0 aromatic rings. The highest BCUT2D eigenvalue weighted by Gasteiger charge is 2.24. The third-order valence-corrected chi connectivity index (χ3v) is 2.64. The summed E-state index contributed by atoms with van der Waals surface area (Å²) in [4.78, 5) is 8.27. The van der Waals surface area contributed by atoms with Crippen molar-refractivity contribution in [2.75, 3.05) is 0 Å². The lowest BCUT2D eigenvalue weighted by molar-refractivity contribution is 0.376. The zero-order valence-corrected chi connectivity index (χ0v) is 11.3. The lowest BCUT2D eigenvalue weighted by Crippen LogP contribution is -2.55. The first-order chi connectivity index (χ1) is 7.62. The molecule has 6 heteroatoms. The van der Waals surface area contributed by atoms with E-state index >= 15 is 0 Å². The third kappa shape index (κ3) is 5.91. The van der Waals surface area contributed by atoms with Crippen LogP contribution in [0.25, 0.3) is 0 Å². The first kappa shape index (κ1) is 16.2. The van der Waals surface area contributed by atoms with Gasteiger partial charge in [0.15, 0.2) is 0 Å². The number of hydrogen-bond donors (Lipinski definition) is 4. The van der Waals surface area contributed by atoms with E-state index in [0.717, 1.165) is 12.8 Å². The van der Waals surface area contributed by atoms with Crippen molar-refractivity contribution in [1.29, 1.82) is 0 Å². The SMILES string of the molecule is CCC(N=C=NC(CC)C(C)(N)N)C(C)(N)N. The van der Waals surface area contributed by atoms with Gasteiger partial charge in [0.05, 0.1) is 29.4 Å². The highest BCUT2D eigenvalue weighted by Crippen LogP contribution is 2.09. The molecular weight excluding hydrogens is 216 g/mol. The second-order valence-electron chi connectivity index (χ2n) is 4.94. The summed E-state index contributed by atoms with van der Waals surface area (Å²) >= 11 is 0. The molecule has 2 atom stereocenters. The Labute approximate surface area is 104 Å². The Kier molecular flexibility index (Phi) is 5.95. The van der Waals surface area contributed by atoms with E-state index in [4.69, 9.17) is 22.9 Å². The van der Waals surface area contributed by atoms with Gasteiger partial charge in [0.25, 0.3) is 0 Å². The first-order valence-electron chi connectivity index (χ1n) is 5.93. The maximum atomic E-state index is 5.78. The standard InChI is InChI=1S/C11H26N6/c1-5-8(10(3,12)13)16-7-17-9(6-2)11(4,14)15/h8-9H,5-6,12-15H2,1-4H3. The van der Waals surface area contributed by atoms with Gasteiger partial charge < -0.3 is 22.9 Å². The number of hydrogen-bond acceptors (Lipinski definition) is 6. The van der Waals surface area contributed by atoms with Gasteiger partial charge in [0, 0.05) is 0 Å². The molecule has 17 heavy (non-hydrogen) atoms. The highest BCUT2D eigenvalue weighted by atomic mass is 15.1. The summed E-state index contributed by atoms with van der Waals surface area (Å²) in [6, 6.07) is 2.20. The molecule has 0 bridgehead atoms. The molecule has 0 fully saturated rings. The minimum Gasteiger partial charge on any atom is -0.312 e. The average Bonchev–Trinajstić information content (AvgIpc) is 2.13. The van der Waals surface area contributed by atoms with Crippen molar-refractivity contribution in [3.8, 4) is 0 Å². The molecule has 0 rings (SSSR count). The summed E-state index contributed by atoms with van der Waals surface area (Å²) < 4.78 is 0. The van der Waals surface area contributed by atoms with E-state index in [9.17, 15) is 0 Å². The Hall–Kier alpha value is -0.780. The molecule has 0 heterocycles. The first-order valence-corrected chi connectivity index (χ1v) is 5.93. The maximum absolute atomic E-state index is 5.78. The van der Waals surface area contributed by atoms with E-state index in [1.54, 1.807) is 13.8 Å². The number of nitrogens with zero attached hydrogens (tertiary/aromatic N) is 2. The van der Waals surface area contributed by atoms with Crippen LogP contribution in [-0.4, -0.2) is 29.4 Å². The quantitative estimate of drug-likeness (QED) is 0.385. The minimum absolute atomic E-state index is 0.217. The van der Waals surface area contributed by atoms with E-state index in [0.29, 0.717) is 0 Å². The Bertz CT molecular complexity index is 253. The van der Waals surface area contributed by atoms with Gasteiger partial charge in [-0.05, 0) is 26.7 Å². The number of rotatable bonds is 6. The second kappa shape index (κ2) is 6.23. The van der Waals surface area contributed by atoms with Crippen molar-refractivity contribution < 1.29 is 0 Å². The molecule has 2 unspecified atom stereocenters. The molecule has 0 saturated heterocycles. The lowest BCUT2D eigenvalue weighted by Gasteiger charge is -2.25. The molecule has 0 aliphatic rings. The van der Waals surface area contributed by atoms with Crippen LogP contribution in [0, 0.1) is 0 Å². The fourth-order valence-electron chi connectivity index (χ4n) is 1.51. The van der Waals surface area contributed by atoms with Gasteiger partial charge in [-0.15, -0.1) is 0 Å². The van der Waals surface area contributed by atoms with Gasteiger partial charge in [0.2, 0.25) is 0 Å². The summed E-state index contributed by atoms with van der Waals surface area (Å²) in [6.07, 6.45) is 1.46. The molecule has 6 nitrogen and oxygen atoms in total. The normalized spacial score (nSPS) is 16.0. The Morgan fingerprint density at radius 2 is 1.18 bits per heavy atom. The number of aliphatic imine (C=N–C) groups is 2. The van der Waals surface area contributed by atoms with Crippen LogP contribution in [-0.2, 0) is 0 Å². The maximum Gasteiger partial charge on any atom is 0.0913 e. The predicted molar refractivity (Wildman–Crippen MR) is 71.6 cm³/mol. The Morgan fingerprint density at radius 1 is 0.882 bits per heavy atom. The minimum atomic E-state index is -0.867. The zero-order chi connectivity index (χ0) is 13.7. The molecule has 0 spiro atoms. The molecule has 0 aromatic carbocycles. The predicted octanol–water partition coefficient (Wildman–Crippen LogP) is -0.0153. The topological polar surface area (TPSA) is 129 Å². The van der Waals surface area contributed by atoms with Crippen molar-refractivity contribution in [2.45, 2.75) is 63.9 Å². The summed E-state index contributed by atoms with van der Waals surface area (Å²) in [5, 5.41) is 0. The smallest absolute Gasteiger partial charge is 0.0913 e. The fraction of sp³-hybridized carbons (Fsp3) is 0.909. The summed E-state index contributed by atoms with van der Waals surface area (Å²) in [5.41, 5.74) is 21.4. The van der Waals surface area contributed by atoms with Gasteiger partial charge >= 0.3 is 0 Å². The molecule has 0 amide bonds. The lowest BCUT2D eigenvalue weighted by atomic mass is 10.0. The van der Waals surface area contributed by atoms with Crippen LogP contribution in [0.1, 0.15) is 40.5 Å². The zero-order valence-electron chi connectivity index (χ0n) is 11.3. The monoisotopic (exact) mass is 242 g/mol. The van der Waals surface area contributed by atoms with E-state index < -0.39 is 11.3 Å². The molecule has 0 aromatic heterocycles. The fourth-order valence-corrected chi connectivity index (χ4v) is 1.51. The summed E-state index contributed by atoms with van der Waals surface area (Å²) in [7, 11) is 0. The van der Waals surface area contributed by atoms with Gasteiger partial charge in [-0.1, -0.05) is 13.8 Å². The Balaban J connectivity index is 4.80. The van der Waals surface area contributed by atoms with E-state index in [1.165, 1.54) is 0 Å². The van der Waals surface area contributed by atoms with Crippen molar-refractivity contribution in [2.24, 2.45) is 32.9 Å². The van der Waals surface area contributed by atoms with Gasteiger partial charge in [-0.3, -0.25) is 0 Å². The van der Waals surface area contributed by atoms with Crippen LogP contribution in [0.5, 0.6) is 0 Å². The van der Waals surface area contributed by atoms with Crippen LogP contribution in [0.15, 0.2) is 9.98 Å². The van der Waals surface area contributed by atoms with Crippen LogP contribution in [0.2, 0.25) is 0 Å². The van der Waals surface area contributed by atoms with E-state index in [2.05, 4.69) is 16.0 Å². The third-order valence-electron chi connectivity index (χ3n) is 2.64. The van der Waals surface area contributed by atoms with Crippen molar-refractivity contribution in [3.63, 3.8) is 0 Å². The van der Waals surface area contributed by atoms with E-state index in [-0.39, 0.29) is 12.1 Å². The van der Waals surface area contributed by atoms with Crippen molar-refractivity contribution >= 4 is 6.01 Å². The van der Waals surface area contributed by atoms with Gasteiger partial charge in [-0.25, -0.2) is 9.98 Å². The molecule has 0 saturated carbocycles. The van der Waals surface area contributed by atoms with Gasteiger partial charge in [0.1, 0.15) is 0 Å². The van der Waals surface area contributed by atoms with Crippen LogP contribution in [0.3, 0.4) is 0 Å². The van der Waals surface area contributed by atoms with Crippen LogP contribution < -0.4 is 22.9 Å². The van der Waals surface area contributed by atoms with Crippen molar-refractivity contribution in [3.05, 3.63) is 0 Å².